The van der Waals surface area contributed by atoms with Gasteiger partial charge in [0, 0.05) is 11.6 Å². The van der Waals surface area contributed by atoms with Crippen LogP contribution in [0, 0.1) is 5.92 Å². The van der Waals surface area contributed by atoms with Crippen molar-refractivity contribution < 1.29 is 14.7 Å². The number of thiazole rings is 1. The smallest absolute Gasteiger partial charge is 0.326 e. The lowest BCUT2D eigenvalue weighted by Gasteiger charge is -2.15. The van der Waals surface area contributed by atoms with Crippen LogP contribution in [0.5, 0.6) is 0 Å². The number of nitrogens with zero attached hydrogens (tertiary/aromatic N) is 1. The molecule has 6 heteroatoms. The van der Waals surface area contributed by atoms with E-state index in [9.17, 15) is 9.59 Å². The van der Waals surface area contributed by atoms with Crippen molar-refractivity contribution in [1.82, 2.24) is 10.3 Å². The van der Waals surface area contributed by atoms with Crippen molar-refractivity contribution in [2.24, 2.45) is 5.92 Å². The molecular formula is C10H14N2O3S. The van der Waals surface area contributed by atoms with E-state index in [4.69, 9.17) is 5.11 Å². The first-order valence-corrected chi connectivity index (χ1v) is 5.82. The molecule has 0 bridgehead atoms. The summed E-state index contributed by atoms with van der Waals surface area (Å²) in [4.78, 5) is 26.3. The van der Waals surface area contributed by atoms with E-state index in [-0.39, 0.29) is 10.9 Å². The van der Waals surface area contributed by atoms with Gasteiger partial charge in [0.2, 0.25) is 0 Å². The Bertz CT molecular complexity index is 362. The van der Waals surface area contributed by atoms with Gasteiger partial charge in [0.1, 0.15) is 6.04 Å². The number of carboxylic acid groups (broad SMARTS) is 1. The highest BCUT2D eigenvalue weighted by Crippen LogP contribution is 2.08. The molecule has 5 nitrogen and oxygen atoms in total. The third kappa shape index (κ3) is 3.62. The van der Waals surface area contributed by atoms with Crippen LogP contribution in [0.25, 0.3) is 0 Å². The topological polar surface area (TPSA) is 79.3 Å². The van der Waals surface area contributed by atoms with Gasteiger partial charge in [-0.25, -0.2) is 9.78 Å². The zero-order valence-electron chi connectivity index (χ0n) is 9.14. The Morgan fingerprint density at radius 3 is 2.69 bits per heavy atom. The van der Waals surface area contributed by atoms with Crippen molar-refractivity contribution in [1.29, 1.82) is 0 Å². The monoisotopic (exact) mass is 242 g/mol. The minimum Gasteiger partial charge on any atom is -0.480 e. The van der Waals surface area contributed by atoms with Gasteiger partial charge in [-0.3, -0.25) is 4.79 Å². The molecule has 0 radical (unpaired) electrons. The second-order valence-electron chi connectivity index (χ2n) is 3.83. The summed E-state index contributed by atoms with van der Waals surface area (Å²) >= 11 is 1.19. The fourth-order valence-corrected chi connectivity index (χ4v) is 1.79. The van der Waals surface area contributed by atoms with Crippen LogP contribution in [0.3, 0.4) is 0 Å². The molecule has 1 aromatic heterocycles. The number of amides is 1. The Kier molecular flexibility index (Phi) is 4.42. The third-order valence-corrected chi connectivity index (χ3v) is 2.71. The van der Waals surface area contributed by atoms with E-state index in [1.165, 1.54) is 17.5 Å². The molecule has 16 heavy (non-hydrogen) atoms. The average molecular weight is 242 g/mol. The van der Waals surface area contributed by atoms with Gasteiger partial charge in [0.15, 0.2) is 5.01 Å². The van der Waals surface area contributed by atoms with E-state index in [0.29, 0.717) is 6.42 Å². The van der Waals surface area contributed by atoms with Gasteiger partial charge in [-0.1, -0.05) is 13.8 Å². The SMILES string of the molecule is CC(C)CC(NC(=O)c1nccs1)C(=O)O. The van der Waals surface area contributed by atoms with Gasteiger partial charge in [-0.15, -0.1) is 11.3 Å². The first kappa shape index (κ1) is 12.6. The van der Waals surface area contributed by atoms with Gasteiger partial charge < -0.3 is 10.4 Å². The summed E-state index contributed by atoms with van der Waals surface area (Å²) in [6, 6.07) is -0.851. The molecule has 2 N–H and O–H groups in total. The highest BCUT2D eigenvalue weighted by atomic mass is 32.1. The van der Waals surface area contributed by atoms with E-state index in [2.05, 4.69) is 10.3 Å². The summed E-state index contributed by atoms with van der Waals surface area (Å²) in [6.07, 6.45) is 1.92. The molecule has 1 unspecified atom stereocenters. The fourth-order valence-electron chi connectivity index (χ4n) is 1.25. The second kappa shape index (κ2) is 5.60. The number of carbonyl (C=O) groups is 2. The molecule has 0 saturated heterocycles. The zero-order valence-corrected chi connectivity index (χ0v) is 9.95. The molecule has 1 rings (SSSR count). The lowest BCUT2D eigenvalue weighted by molar-refractivity contribution is -0.139. The Labute approximate surface area is 97.5 Å². The van der Waals surface area contributed by atoms with Crippen LogP contribution in [-0.4, -0.2) is 28.0 Å². The van der Waals surface area contributed by atoms with Crippen LogP contribution < -0.4 is 5.32 Å². The Balaban J connectivity index is 2.62. The van der Waals surface area contributed by atoms with Crippen LogP contribution in [0.1, 0.15) is 30.1 Å². The van der Waals surface area contributed by atoms with Gasteiger partial charge in [-0.2, -0.15) is 0 Å². The minimum absolute atomic E-state index is 0.206. The molecule has 0 aliphatic rings. The molecule has 0 spiro atoms. The highest BCUT2D eigenvalue weighted by Gasteiger charge is 2.22. The van der Waals surface area contributed by atoms with E-state index in [0.717, 1.165) is 0 Å². The Morgan fingerprint density at radius 1 is 1.56 bits per heavy atom. The maximum absolute atomic E-state index is 11.6. The lowest BCUT2D eigenvalue weighted by atomic mass is 10.0. The number of aromatic nitrogens is 1. The summed E-state index contributed by atoms with van der Waals surface area (Å²) in [5, 5.41) is 13.4. The standard InChI is InChI=1S/C10H14N2O3S/c1-6(2)5-7(10(14)15)12-8(13)9-11-3-4-16-9/h3-4,6-7H,5H2,1-2H3,(H,12,13)(H,14,15). The molecule has 88 valence electrons. The molecule has 1 amide bonds. The van der Waals surface area contributed by atoms with Gasteiger partial charge >= 0.3 is 5.97 Å². The van der Waals surface area contributed by atoms with Crippen molar-refractivity contribution in [3.05, 3.63) is 16.6 Å². The second-order valence-corrected chi connectivity index (χ2v) is 4.73. The quantitative estimate of drug-likeness (QED) is 0.817. The molecule has 1 heterocycles. The number of hydrogen-bond donors (Lipinski definition) is 2. The maximum Gasteiger partial charge on any atom is 0.326 e. The summed E-state index contributed by atoms with van der Waals surface area (Å²) in [5.74, 6) is -1.24. The van der Waals surface area contributed by atoms with Crippen LogP contribution >= 0.6 is 11.3 Å². The van der Waals surface area contributed by atoms with Crippen LogP contribution in [0.4, 0.5) is 0 Å². The van der Waals surface area contributed by atoms with Crippen LogP contribution in [0.15, 0.2) is 11.6 Å². The summed E-state index contributed by atoms with van der Waals surface area (Å²) in [5.41, 5.74) is 0. The molecule has 0 fully saturated rings. The molecule has 0 saturated carbocycles. The van der Waals surface area contributed by atoms with Crippen molar-refractivity contribution in [3.8, 4) is 0 Å². The predicted octanol–water partition coefficient (Wildman–Crippen LogP) is 1.37. The lowest BCUT2D eigenvalue weighted by Crippen LogP contribution is -2.41. The first-order valence-electron chi connectivity index (χ1n) is 4.94. The number of carbonyl (C=O) groups excluding carboxylic acids is 1. The van der Waals surface area contributed by atoms with Crippen molar-refractivity contribution in [2.45, 2.75) is 26.3 Å². The number of carboxylic acids is 1. The highest BCUT2D eigenvalue weighted by molar-refractivity contribution is 7.11. The fraction of sp³-hybridized carbons (Fsp3) is 0.500. The molecule has 0 aliphatic carbocycles. The zero-order chi connectivity index (χ0) is 12.1. The predicted molar refractivity (Wildman–Crippen MR) is 60.5 cm³/mol. The molecule has 1 atom stereocenters. The Morgan fingerprint density at radius 2 is 2.25 bits per heavy atom. The Hall–Kier alpha value is -1.43. The minimum atomic E-state index is -1.02. The maximum atomic E-state index is 11.6. The molecule has 1 aromatic rings. The van der Waals surface area contributed by atoms with E-state index in [1.54, 1.807) is 5.38 Å². The van der Waals surface area contributed by atoms with Crippen molar-refractivity contribution in [2.75, 3.05) is 0 Å². The summed E-state index contributed by atoms with van der Waals surface area (Å²) in [6.45, 7) is 3.82. The van der Waals surface area contributed by atoms with Crippen LogP contribution in [-0.2, 0) is 4.79 Å². The number of nitrogens with one attached hydrogen (secondary N) is 1. The molecule has 0 aliphatic heterocycles. The number of rotatable bonds is 5. The molecular weight excluding hydrogens is 228 g/mol. The third-order valence-electron chi connectivity index (χ3n) is 1.94. The van der Waals surface area contributed by atoms with E-state index >= 15 is 0 Å². The summed E-state index contributed by atoms with van der Waals surface area (Å²) < 4.78 is 0. The van der Waals surface area contributed by atoms with Crippen LogP contribution in [0.2, 0.25) is 0 Å². The van der Waals surface area contributed by atoms with Gasteiger partial charge in [0.05, 0.1) is 0 Å². The normalized spacial score (nSPS) is 12.4. The first-order chi connectivity index (χ1) is 7.50. The largest absolute Gasteiger partial charge is 0.480 e. The summed E-state index contributed by atoms with van der Waals surface area (Å²) in [7, 11) is 0. The van der Waals surface area contributed by atoms with E-state index in [1.807, 2.05) is 13.8 Å². The van der Waals surface area contributed by atoms with Gasteiger partial charge in [-0.05, 0) is 12.3 Å². The molecule has 0 aromatic carbocycles. The van der Waals surface area contributed by atoms with E-state index < -0.39 is 17.9 Å². The number of hydrogen-bond acceptors (Lipinski definition) is 4. The number of aliphatic carboxylic acids is 1. The van der Waals surface area contributed by atoms with Crippen molar-refractivity contribution in [3.63, 3.8) is 0 Å². The average Bonchev–Trinajstić information content (AvgIpc) is 2.68. The van der Waals surface area contributed by atoms with Gasteiger partial charge in [0.25, 0.3) is 5.91 Å². The van der Waals surface area contributed by atoms with Crippen molar-refractivity contribution >= 4 is 23.2 Å².